The summed E-state index contributed by atoms with van der Waals surface area (Å²) in [5.41, 5.74) is 4.96. The zero-order chi connectivity index (χ0) is 18.4. The van der Waals surface area contributed by atoms with Crippen molar-refractivity contribution in [3.05, 3.63) is 64.7 Å². The smallest absolute Gasteiger partial charge is 0.263 e. The lowest BCUT2D eigenvalue weighted by Gasteiger charge is -2.21. The fourth-order valence-electron chi connectivity index (χ4n) is 3.35. The summed E-state index contributed by atoms with van der Waals surface area (Å²) in [5, 5.41) is 9.79. The second-order valence-corrected chi connectivity index (χ2v) is 6.96. The van der Waals surface area contributed by atoms with Gasteiger partial charge in [0.2, 0.25) is 0 Å². The minimum Gasteiger partial charge on any atom is -0.271 e. The molecular formula is C20H20N4O2. The molecule has 0 saturated carbocycles. The molecule has 0 N–H and O–H groups in total. The highest BCUT2D eigenvalue weighted by atomic mass is 16.2. The van der Waals surface area contributed by atoms with Gasteiger partial charge in [0.25, 0.3) is 11.8 Å². The van der Waals surface area contributed by atoms with Crippen molar-refractivity contribution in [1.82, 2.24) is 5.01 Å². The lowest BCUT2D eigenvalue weighted by atomic mass is 10.1. The van der Waals surface area contributed by atoms with E-state index in [9.17, 15) is 9.59 Å². The van der Waals surface area contributed by atoms with E-state index in [1.165, 1.54) is 10.5 Å². The highest BCUT2D eigenvalue weighted by Gasteiger charge is 2.54. The molecule has 0 unspecified atom stereocenters. The van der Waals surface area contributed by atoms with Gasteiger partial charge in [-0.1, -0.05) is 41.1 Å². The first-order chi connectivity index (χ1) is 12.5. The maximum atomic E-state index is 13.0. The molecule has 1 saturated heterocycles. The largest absolute Gasteiger partial charge is 0.271 e. The van der Waals surface area contributed by atoms with Crippen molar-refractivity contribution in [2.45, 2.75) is 39.4 Å². The Morgan fingerprint density at radius 3 is 2.35 bits per heavy atom. The van der Waals surface area contributed by atoms with Gasteiger partial charge in [0.05, 0.1) is 12.2 Å². The van der Waals surface area contributed by atoms with Crippen LogP contribution in [0.3, 0.4) is 0 Å². The first-order valence-electron chi connectivity index (χ1n) is 8.64. The molecule has 0 spiro atoms. The topological polar surface area (TPSA) is 65.3 Å². The van der Waals surface area contributed by atoms with E-state index in [1.807, 2.05) is 57.2 Å². The number of aryl methyl sites for hydroxylation is 3. The van der Waals surface area contributed by atoms with E-state index in [0.717, 1.165) is 16.7 Å². The maximum absolute atomic E-state index is 13.0. The van der Waals surface area contributed by atoms with E-state index in [2.05, 4.69) is 10.3 Å². The highest BCUT2D eigenvalue weighted by molar-refractivity contribution is 6.25. The van der Waals surface area contributed by atoms with Gasteiger partial charge in [0, 0.05) is 0 Å². The lowest BCUT2D eigenvalue weighted by molar-refractivity contribution is -0.123. The van der Waals surface area contributed by atoms with Crippen LogP contribution in [-0.2, 0) is 16.1 Å². The molecule has 2 aliphatic rings. The van der Waals surface area contributed by atoms with Crippen LogP contribution >= 0.6 is 0 Å². The number of rotatable bonds is 3. The molecule has 26 heavy (non-hydrogen) atoms. The lowest BCUT2D eigenvalue weighted by Crippen LogP contribution is -2.39. The predicted molar refractivity (Wildman–Crippen MR) is 97.6 cm³/mol. The number of anilines is 1. The van der Waals surface area contributed by atoms with Gasteiger partial charge in [-0.2, -0.15) is 5.11 Å². The summed E-state index contributed by atoms with van der Waals surface area (Å²) in [6.07, 6.45) is 0. The molecule has 0 radical (unpaired) electrons. The molecule has 2 heterocycles. The van der Waals surface area contributed by atoms with E-state index in [1.54, 1.807) is 11.1 Å². The number of fused-ring (bicyclic) bond motifs is 1. The average molecular weight is 348 g/mol. The summed E-state index contributed by atoms with van der Waals surface area (Å²) in [6.45, 7) is 6.44. The standard InChI is InChI=1S/C20H20N4O2/c1-12-4-7-15(8-5-12)11-23-18-17(21-22-23)19(25)24(20(18)26)16-9-6-13(2)14(3)10-16/h4-10,17-18H,11H2,1-3H3/t17-,18-/m0/s1. The molecule has 0 aliphatic carbocycles. The van der Waals surface area contributed by atoms with E-state index >= 15 is 0 Å². The van der Waals surface area contributed by atoms with Crippen molar-refractivity contribution in [3.8, 4) is 0 Å². The summed E-state index contributed by atoms with van der Waals surface area (Å²) in [4.78, 5) is 27.0. The van der Waals surface area contributed by atoms with Crippen LogP contribution in [0.25, 0.3) is 0 Å². The second-order valence-electron chi connectivity index (χ2n) is 6.96. The Morgan fingerprint density at radius 2 is 1.65 bits per heavy atom. The Kier molecular flexibility index (Phi) is 3.83. The van der Waals surface area contributed by atoms with Gasteiger partial charge in [-0.15, -0.1) is 0 Å². The van der Waals surface area contributed by atoms with E-state index in [0.29, 0.717) is 12.2 Å². The predicted octanol–water partition coefficient (Wildman–Crippen LogP) is 3.11. The zero-order valence-corrected chi connectivity index (χ0v) is 15.0. The molecule has 4 rings (SSSR count). The molecule has 1 fully saturated rings. The molecule has 2 aromatic carbocycles. The van der Waals surface area contributed by atoms with Gasteiger partial charge in [-0.3, -0.25) is 14.6 Å². The molecule has 2 atom stereocenters. The van der Waals surface area contributed by atoms with Gasteiger partial charge in [-0.25, -0.2) is 4.90 Å². The number of hydrogen-bond acceptors (Lipinski definition) is 5. The van der Waals surface area contributed by atoms with Crippen molar-refractivity contribution in [3.63, 3.8) is 0 Å². The Morgan fingerprint density at radius 1 is 0.923 bits per heavy atom. The Hall–Kier alpha value is -3.02. The number of carbonyl (C=O) groups excluding carboxylic acids is 2. The van der Waals surface area contributed by atoms with Crippen LogP contribution in [0.4, 0.5) is 5.69 Å². The molecule has 2 aliphatic heterocycles. The molecule has 132 valence electrons. The fourth-order valence-corrected chi connectivity index (χ4v) is 3.35. The molecular weight excluding hydrogens is 328 g/mol. The van der Waals surface area contributed by atoms with Crippen molar-refractivity contribution >= 4 is 17.5 Å². The van der Waals surface area contributed by atoms with E-state index < -0.39 is 12.1 Å². The summed E-state index contributed by atoms with van der Waals surface area (Å²) >= 11 is 0. The number of imide groups is 1. The van der Waals surface area contributed by atoms with E-state index in [4.69, 9.17) is 0 Å². The number of nitrogens with zero attached hydrogens (tertiary/aromatic N) is 4. The van der Waals surface area contributed by atoms with Gasteiger partial charge >= 0.3 is 0 Å². The number of amides is 2. The highest BCUT2D eigenvalue weighted by Crippen LogP contribution is 2.33. The molecule has 6 nitrogen and oxygen atoms in total. The van der Waals surface area contributed by atoms with Crippen LogP contribution in [0.2, 0.25) is 0 Å². The van der Waals surface area contributed by atoms with Crippen LogP contribution in [0.1, 0.15) is 22.3 Å². The minimum absolute atomic E-state index is 0.264. The van der Waals surface area contributed by atoms with Crippen LogP contribution in [0.15, 0.2) is 52.8 Å². The van der Waals surface area contributed by atoms with Gasteiger partial charge in [-0.05, 0) is 49.6 Å². The Balaban J connectivity index is 1.60. The SMILES string of the molecule is Cc1ccc(CN2N=N[C@@H]3C(=O)N(c4ccc(C)c(C)c4)C(=O)[C@H]32)cc1. The van der Waals surface area contributed by atoms with Crippen LogP contribution in [0.5, 0.6) is 0 Å². The third kappa shape index (κ3) is 2.58. The molecule has 0 aromatic heterocycles. The third-order valence-corrected chi connectivity index (χ3v) is 5.07. The molecule has 2 aromatic rings. The van der Waals surface area contributed by atoms with Gasteiger partial charge < -0.3 is 0 Å². The summed E-state index contributed by atoms with van der Waals surface area (Å²) in [5.74, 6) is -0.571. The second kappa shape index (κ2) is 6.05. The number of benzene rings is 2. The third-order valence-electron chi connectivity index (χ3n) is 5.07. The van der Waals surface area contributed by atoms with E-state index in [-0.39, 0.29) is 11.8 Å². The molecule has 6 heteroatoms. The van der Waals surface area contributed by atoms with Crippen molar-refractivity contribution in [2.75, 3.05) is 4.90 Å². The number of carbonyl (C=O) groups is 2. The zero-order valence-electron chi connectivity index (χ0n) is 15.0. The maximum Gasteiger partial charge on any atom is 0.263 e. The Labute approximate surface area is 152 Å². The minimum atomic E-state index is -0.755. The fraction of sp³-hybridized carbons (Fsp3) is 0.300. The average Bonchev–Trinajstić information content (AvgIpc) is 3.13. The first kappa shape index (κ1) is 16.4. The molecule has 2 amide bonds. The summed E-state index contributed by atoms with van der Waals surface area (Å²) < 4.78 is 0. The van der Waals surface area contributed by atoms with Gasteiger partial charge in [0.1, 0.15) is 0 Å². The quantitative estimate of drug-likeness (QED) is 0.801. The van der Waals surface area contributed by atoms with Crippen LogP contribution in [0, 0.1) is 20.8 Å². The van der Waals surface area contributed by atoms with Crippen molar-refractivity contribution in [2.24, 2.45) is 10.3 Å². The molecule has 0 bridgehead atoms. The number of hydrogen-bond donors (Lipinski definition) is 0. The first-order valence-corrected chi connectivity index (χ1v) is 8.64. The normalized spacial score (nSPS) is 21.7. The van der Waals surface area contributed by atoms with Crippen molar-refractivity contribution < 1.29 is 9.59 Å². The van der Waals surface area contributed by atoms with Crippen LogP contribution in [-0.4, -0.2) is 28.9 Å². The summed E-state index contributed by atoms with van der Waals surface area (Å²) in [6, 6.07) is 12.2. The van der Waals surface area contributed by atoms with Gasteiger partial charge in [0.15, 0.2) is 12.1 Å². The van der Waals surface area contributed by atoms with Crippen molar-refractivity contribution in [1.29, 1.82) is 0 Å². The monoisotopic (exact) mass is 348 g/mol. The van der Waals surface area contributed by atoms with Crippen LogP contribution < -0.4 is 4.90 Å². The summed E-state index contributed by atoms with van der Waals surface area (Å²) in [7, 11) is 0. The Bertz CT molecular complexity index is 920.